The first-order valence-electron chi connectivity index (χ1n) is 14.6. The fourth-order valence-corrected chi connectivity index (χ4v) is 6.55. The van der Waals surface area contributed by atoms with Gasteiger partial charge in [-0.05, 0) is 6.92 Å². The summed E-state index contributed by atoms with van der Waals surface area (Å²) in [6, 6.07) is 0. The molecule has 0 radical (unpaired) electrons. The van der Waals surface area contributed by atoms with Gasteiger partial charge < -0.3 is 54.2 Å². The van der Waals surface area contributed by atoms with Crippen LogP contribution in [0.1, 0.15) is 40.8 Å². The molecule has 26 heteroatoms. The van der Waals surface area contributed by atoms with Crippen LogP contribution >= 0.6 is 15.6 Å². The second-order valence-electron chi connectivity index (χ2n) is 10.7. The maximum Gasteiger partial charge on any atom is 0.483 e. The highest BCUT2D eigenvalue weighted by atomic mass is 31.3. The van der Waals surface area contributed by atoms with Gasteiger partial charge in [0.05, 0.1) is 12.9 Å². The highest BCUT2D eigenvalue weighted by molar-refractivity contribution is 7.61. The summed E-state index contributed by atoms with van der Waals surface area (Å²) in [7, 11) is -11.5. The van der Waals surface area contributed by atoms with Gasteiger partial charge in [0.2, 0.25) is 6.29 Å². The molecule has 6 N–H and O–H groups in total. The van der Waals surface area contributed by atoms with Gasteiger partial charge in [0.15, 0.2) is 23.8 Å². The second kappa shape index (κ2) is 17.7. The molecule has 3 rings (SSSR count). The molecule has 2 aromatic heterocycles. The van der Waals surface area contributed by atoms with Crippen molar-refractivity contribution in [2.45, 2.75) is 83.8 Å². The first-order valence-corrected chi connectivity index (χ1v) is 17.6. The second-order valence-corrected chi connectivity index (χ2v) is 13.7. The molecule has 1 aliphatic heterocycles. The van der Waals surface area contributed by atoms with Crippen LogP contribution in [0.25, 0.3) is 11.2 Å². The lowest BCUT2D eigenvalue weighted by Crippen LogP contribution is -2.45. The van der Waals surface area contributed by atoms with E-state index in [2.05, 4.69) is 19.3 Å². The fraction of sp³-hybridized carbons (Fsp3) is 0.640. The Balaban J connectivity index is 1.79. The number of hydrogen-bond donors (Lipinski definition) is 5. The summed E-state index contributed by atoms with van der Waals surface area (Å²) in [6.45, 7) is 2.64. The molecule has 8 unspecified atom stereocenters. The van der Waals surface area contributed by atoms with Gasteiger partial charge in [-0.3, -0.25) is 32.8 Å². The van der Waals surface area contributed by atoms with Crippen molar-refractivity contribution in [2.75, 3.05) is 25.6 Å². The zero-order chi connectivity index (χ0) is 38.3. The van der Waals surface area contributed by atoms with Crippen LogP contribution in [0.3, 0.4) is 0 Å². The summed E-state index contributed by atoms with van der Waals surface area (Å²) in [6.07, 6.45) is -11.0. The SMILES string of the molecule is CC(=O)OCC(OC(OP(=O)(O)OP(=O)(O)OCC1OC(n2cnc3c(N)ncnc32)C(O)C1O)[C@@H](COC(C)=O)OC(C)=O)[C@H](C)OC(C)=O. The van der Waals surface area contributed by atoms with Crippen molar-refractivity contribution in [1.29, 1.82) is 0 Å². The molecule has 10 atom stereocenters. The number of nitrogens with two attached hydrogens (primary N) is 1. The van der Waals surface area contributed by atoms with Crippen molar-refractivity contribution in [3.8, 4) is 0 Å². The number of aliphatic hydroxyl groups excluding tert-OH is 2. The highest BCUT2D eigenvalue weighted by Gasteiger charge is 2.47. The van der Waals surface area contributed by atoms with E-state index >= 15 is 0 Å². The Morgan fingerprint density at radius 3 is 2.10 bits per heavy atom. The van der Waals surface area contributed by atoms with Crippen molar-refractivity contribution in [3.63, 3.8) is 0 Å². The van der Waals surface area contributed by atoms with Crippen LogP contribution in [0.4, 0.5) is 5.82 Å². The number of phosphoric acid groups is 2. The summed E-state index contributed by atoms with van der Waals surface area (Å²) in [5.41, 5.74) is 6.03. The van der Waals surface area contributed by atoms with Crippen LogP contribution in [0, 0.1) is 0 Å². The zero-order valence-corrected chi connectivity index (χ0v) is 29.4. The smallest absolute Gasteiger partial charge is 0.463 e. The third kappa shape index (κ3) is 12.2. The van der Waals surface area contributed by atoms with E-state index in [9.17, 15) is 48.3 Å². The Labute approximate surface area is 288 Å². The van der Waals surface area contributed by atoms with Gasteiger partial charge in [-0.15, -0.1) is 0 Å². The fourth-order valence-electron chi connectivity index (χ4n) is 4.38. The third-order valence-corrected chi connectivity index (χ3v) is 9.15. The van der Waals surface area contributed by atoms with Crippen molar-refractivity contribution >= 4 is 56.5 Å². The summed E-state index contributed by atoms with van der Waals surface area (Å²) >= 11 is 0. The number of carbonyl (C=O) groups excluding carboxylic acids is 4. The number of nitrogens with zero attached hydrogens (tertiary/aromatic N) is 4. The van der Waals surface area contributed by atoms with Crippen molar-refractivity contribution < 1.29 is 90.1 Å². The molecule has 0 aromatic carbocycles. The molecule has 24 nitrogen and oxygen atoms in total. The molecule has 0 amide bonds. The van der Waals surface area contributed by atoms with Crippen LogP contribution in [-0.4, -0.2) is 126 Å². The standard InChI is InChI=1S/C25H37N5O19P2/c1-11(44-14(4)33)16(6-41-12(2)31)47-25(18(45-15(5)34)7-42-13(3)32)48-51(39,40)49-50(37,38)43-8-17-20(35)21(36)24(46-17)30-10-29-19-22(26)27-9-28-23(19)30/h9-11,16-18,20-21,24-25,35-36H,6-8H2,1-5H3,(H,37,38)(H,39,40)(H2,26,27,28)/t11-,16?,17?,18+,20?,21?,24?,25?/m0/s1. The lowest BCUT2D eigenvalue weighted by Gasteiger charge is -2.32. The number of esters is 4. The van der Waals surface area contributed by atoms with E-state index in [4.69, 9.17) is 43.2 Å². The molecule has 1 saturated heterocycles. The predicted octanol–water partition coefficient (Wildman–Crippen LogP) is -1.00. The number of phosphoric ester groups is 2. The van der Waals surface area contributed by atoms with Crippen LogP contribution < -0.4 is 5.73 Å². The number of fused-ring (bicyclic) bond motifs is 1. The summed E-state index contributed by atoms with van der Waals surface area (Å²) in [5, 5.41) is 21.1. The predicted molar refractivity (Wildman–Crippen MR) is 162 cm³/mol. The topological polar surface area (TPSA) is 336 Å². The molecular formula is C25H37N5O19P2. The van der Waals surface area contributed by atoms with E-state index in [-0.39, 0.29) is 17.0 Å². The van der Waals surface area contributed by atoms with Gasteiger partial charge in [0.1, 0.15) is 55.6 Å². The number of aliphatic hydroxyl groups is 2. The summed E-state index contributed by atoms with van der Waals surface area (Å²) < 4.78 is 72.1. The van der Waals surface area contributed by atoms with Crippen LogP contribution in [-0.2, 0) is 70.1 Å². The lowest BCUT2D eigenvalue weighted by molar-refractivity contribution is -0.228. The minimum absolute atomic E-state index is 0.0118. The van der Waals surface area contributed by atoms with Crippen LogP contribution in [0.2, 0.25) is 0 Å². The largest absolute Gasteiger partial charge is 0.483 e. The number of nitrogen functional groups attached to an aromatic ring is 1. The molecule has 0 bridgehead atoms. The molecule has 0 aliphatic carbocycles. The number of carbonyl (C=O) groups is 4. The maximum atomic E-state index is 13.1. The normalized spacial score (nSPS) is 23.6. The van der Waals surface area contributed by atoms with E-state index in [1.54, 1.807) is 0 Å². The van der Waals surface area contributed by atoms with Gasteiger partial charge >= 0.3 is 39.5 Å². The molecule has 1 aliphatic rings. The van der Waals surface area contributed by atoms with Crippen molar-refractivity contribution in [1.82, 2.24) is 19.5 Å². The van der Waals surface area contributed by atoms with Crippen LogP contribution in [0.5, 0.6) is 0 Å². The first kappa shape index (κ1) is 41.7. The molecule has 0 spiro atoms. The van der Waals surface area contributed by atoms with E-state index in [1.807, 2.05) is 0 Å². The molecule has 2 aromatic rings. The average molecular weight is 774 g/mol. The Morgan fingerprint density at radius 1 is 0.902 bits per heavy atom. The Hall–Kier alpha value is -3.67. The molecule has 51 heavy (non-hydrogen) atoms. The Kier molecular flexibility index (Phi) is 14.5. The zero-order valence-electron chi connectivity index (χ0n) is 27.6. The van der Waals surface area contributed by atoms with Gasteiger partial charge in [0, 0.05) is 27.7 Å². The number of rotatable bonds is 18. The Bertz CT molecular complexity index is 1660. The number of imidazole rings is 1. The maximum absolute atomic E-state index is 13.1. The quantitative estimate of drug-likeness (QED) is 0.0525. The highest BCUT2D eigenvalue weighted by Crippen LogP contribution is 2.61. The number of aromatic nitrogens is 4. The lowest BCUT2D eigenvalue weighted by atomic mass is 10.1. The first-order chi connectivity index (χ1) is 23.7. The van der Waals surface area contributed by atoms with Crippen molar-refractivity contribution in [2.24, 2.45) is 0 Å². The Morgan fingerprint density at radius 2 is 1.51 bits per heavy atom. The minimum atomic E-state index is -5.84. The number of anilines is 1. The van der Waals surface area contributed by atoms with Crippen LogP contribution in [0.15, 0.2) is 12.7 Å². The van der Waals surface area contributed by atoms with Gasteiger partial charge in [-0.1, -0.05) is 0 Å². The molecule has 3 heterocycles. The monoisotopic (exact) mass is 773 g/mol. The summed E-state index contributed by atoms with van der Waals surface area (Å²) in [5.74, 6) is -3.59. The molecular weight excluding hydrogens is 736 g/mol. The van der Waals surface area contributed by atoms with Crippen molar-refractivity contribution in [3.05, 3.63) is 12.7 Å². The molecule has 286 valence electrons. The minimum Gasteiger partial charge on any atom is -0.463 e. The summed E-state index contributed by atoms with van der Waals surface area (Å²) in [4.78, 5) is 79.1. The average Bonchev–Trinajstić information content (AvgIpc) is 3.55. The van der Waals surface area contributed by atoms with Gasteiger partial charge in [0.25, 0.3) is 0 Å². The number of ether oxygens (including phenoxy) is 6. The van der Waals surface area contributed by atoms with Gasteiger partial charge in [-0.25, -0.2) is 24.1 Å². The van der Waals surface area contributed by atoms with E-state index in [0.717, 1.165) is 34.0 Å². The van der Waals surface area contributed by atoms with E-state index < -0.39 is 108 Å². The van der Waals surface area contributed by atoms with E-state index in [0.29, 0.717) is 0 Å². The van der Waals surface area contributed by atoms with Gasteiger partial charge in [-0.2, -0.15) is 4.31 Å². The number of hydrogen-bond acceptors (Lipinski definition) is 21. The van der Waals surface area contributed by atoms with E-state index in [1.165, 1.54) is 17.8 Å². The molecule has 0 saturated carbocycles. The molecule has 1 fully saturated rings. The third-order valence-electron chi connectivity index (χ3n) is 6.55.